The number of halogens is 1. The second-order valence-corrected chi connectivity index (χ2v) is 7.44. The Labute approximate surface area is 179 Å². The van der Waals surface area contributed by atoms with Crippen LogP contribution in [0.5, 0.6) is 0 Å². The first kappa shape index (κ1) is 22.0. The molecule has 2 N–H and O–H groups in total. The minimum Gasteiger partial charge on any atom is -0.465 e. The predicted molar refractivity (Wildman–Crippen MR) is 110 cm³/mol. The van der Waals surface area contributed by atoms with Crippen molar-refractivity contribution in [1.29, 1.82) is 5.26 Å². The van der Waals surface area contributed by atoms with Gasteiger partial charge < -0.3 is 15.4 Å². The Bertz CT molecular complexity index is 1060. The van der Waals surface area contributed by atoms with Crippen molar-refractivity contribution in [2.75, 3.05) is 7.11 Å². The van der Waals surface area contributed by atoms with Crippen molar-refractivity contribution in [3.05, 3.63) is 59.4 Å². The number of ether oxygens (including phenoxy) is 1. The molecule has 0 aliphatic heterocycles. The fourth-order valence-corrected chi connectivity index (χ4v) is 3.31. The van der Waals surface area contributed by atoms with Crippen molar-refractivity contribution >= 4 is 17.8 Å². The van der Waals surface area contributed by atoms with Crippen LogP contribution in [0.3, 0.4) is 0 Å². The standard InChI is InChI=1S/C23H22FN3O4/c1-14(26-22(30)23(11-12-23)27-19(28)10-13-25)15-6-8-16(9-7-15)17-4-3-5-18(20(17)24)21(29)31-2/h3-9,14H,10-12H2,1-2H3,(H,26,30)(H,27,28)/t14-/m1/s1. The summed E-state index contributed by atoms with van der Waals surface area (Å²) < 4.78 is 19.3. The van der Waals surface area contributed by atoms with Gasteiger partial charge >= 0.3 is 5.97 Å². The molecule has 1 aliphatic carbocycles. The molecule has 0 aromatic heterocycles. The van der Waals surface area contributed by atoms with Crippen molar-refractivity contribution in [2.24, 2.45) is 0 Å². The lowest BCUT2D eigenvalue weighted by molar-refractivity contribution is -0.130. The van der Waals surface area contributed by atoms with Crippen LogP contribution in [0.1, 0.15) is 48.1 Å². The average molecular weight is 423 g/mol. The number of benzene rings is 2. The second kappa shape index (κ2) is 8.96. The highest BCUT2D eigenvalue weighted by Crippen LogP contribution is 2.36. The van der Waals surface area contributed by atoms with Crippen LogP contribution in [0.4, 0.5) is 4.39 Å². The highest BCUT2D eigenvalue weighted by Gasteiger charge is 2.51. The van der Waals surface area contributed by atoms with Gasteiger partial charge in [-0.05, 0) is 37.0 Å². The first-order chi connectivity index (χ1) is 14.8. The molecule has 7 nitrogen and oxygen atoms in total. The third kappa shape index (κ3) is 4.72. The van der Waals surface area contributed by atoms with Gasteiger partial charge in [0.05, 0.1) is 24.8 Å². The molecule has 1 aliphatic rings. The van der Waals surface area contributed by atoms with Crippen molar-refractivity contribution in [3.63, 3.8) is 0 Å². The van der Waals surface area contributed by atoms with Crippen LogP contribution >= 0.6 is 0 Å². The number of methoxy groups -OCH3 is 1. The van der Waals surface area contributed by atoms with E-state index >= 15 is 0 Å². The van der Waals surface area contributed by atoms with Crippen LogP contribution in [0.2, 0.25) is 0 Å². The molecule has 0 spiro atoms. The average Bonchev–Trinajstić information content (AvgIpc) is 3.54. The van der Waals surface area contributed by atoms with E-state index in [1.165, 1.54) is 13.2 Å². The fraction of sp³-hybridized carbons (Fsp3) is 0.304. The molecule has 2 amide bonds. The Balaban J connectivity index is 1.71. The predicted octanol–water partition coefficient (Wildman–Crippen LogP) is 3.02. The summed E-state index contributed by atoms with van der Waals surface area (Å²) in [7, 11) is 1.19. The summed E-state index contributed by atoms with van der Waals surface area (Å²) >= 11 is 0. The zero-order chi connectivity index (χ0) is 22.6. The molecule has 0 heterocycles. The summed E-state index contributed by atoms with van der Waals surface area (Å²) in [6.07, 6.45) is 0.759. The van der Waals surface area contributed by atoms with E-state index in [4.69, 9.17) is 5.26 Å². The summed E-state index contributed by atoms with van der Waals surface area (Å²) in [5.41, 5.74) is 0.550. The number of esters is 1. The quantitative estimate of drug-likeness (QED) is 0.666. The topological polar surface area (TPSA) is 108 Å². The van der Waals surface area contributed by atoms with E-state index in [-0.39, 0.29) is 29.5 Å². The van der Waals surface area contributed by atoms with Gasteiger partial charge in [-0.3, -0.25) is 9.59 Å². The monoisotopic (exact) mass is 423 g/mol. The van der Waals surface area contributed by atoms with Gasteiger partial charge in [-0.2, -0.15) is 5.26 Å². The third-order valence-corrected chi connectivity index (χ3v) is 5.28. The van der Waals surface area contributed by atoms with Gasteiger partial charge in [0.1, 0.15) is 17.8 Å². The molecule has 1 atom stereocenters. The number of carbonyl (C=O) groups is 3. The third-order valence-electron chi connectivity index (χ3n) is 5.28. The first-order valence-electron chi connectivity index (χ1n) is 9.77. The number of nitrogens with one attached hydrogen (secondary N) is 2. The van der Waals surface area contributed by atoms with E-state index in [2.05, 4.69) is 15.4 Å². The fourth-order valence-electron chi connectivity index (χ4n) is 3.31. The molecule has 0 saturated heterocycles. The number of hydrogen-bond donors (Lipinski definition) is 2. The van der Waals surface area contributed by atoms with E-state index in [0.29, 0.717) is 18.4 Å². The van der Waals surface area contributed by atoms with E-state index in [9.17, 15) is 18.8 Å². The SMILES string of the molecule is COC(=O)c1cccc(-c2ccc([C@@H](C)NC(=O)C3(NC(=O)CC#N)CC3)cc2)c1F. The van der Waals surface area contributed by atoms with Gasteiger partial charge in [0.15, 0.2) is 0 Å². The van der Waals surface area contributed by atoms with Gasteiger partial charge in [-0.15, -0.1) is 0 Å². The van der Waals surface area contributed by atoms with Crippen LogP contribution in [0, 0.1) is 17.1 Å². The Morgan fingerprint density at radius 1 is 1.19 bits per heavy atom. The Morgan fingerprint density at radius 3 is 2.45 bits per heavy atom. The molecule has 3 rings (SSSR count). The molecular weight excluding hydrogens is 401 g/mol. The molecule has 0 radical (unpaired) electrons. The highest BCUT2D eigenvalue weighted by atomic mass is 19.1. The molecule has 2 aromatic rings. The van der Waals surface area contributed by atoms with Crippen LogP contribution in [-0.4, -0.2) is 30.4 Å². The lowest BCUT2D eigenvalue weighted by atomic mass is 9.99. The van der Waals surface area contributed by atoms with Crippen LogP contribution in [0.15, 0.2) is 42.5 Å². The molecule has 0 unspecified atom stereocenters. The maximum absolute atomic E-state index is 14.7. The van der Waals surface area contributed by atoms with Crippen LogP contribution in [0.25, 0.3) is 11.1 Å². The van der Waals surface area contributed by atoms with E-state index < -0.39 is 23.2 Å². The summed E-state index contributed by atoms with van der Waals surface area (Å²) in [6.45, 7) is 1.80. The molecule has 160 valence electrons. The molecule has 1 fully saturated rings. The van der Waals surface area contributed by atoms with E-state index in [1.54, 1.807) is 49.4 Å². The summed E-state index contributed by atoms with van der Waals surface area (Å²) in [4.78, 5) is 36.0. The summed E-state index contributed by atoms with van der Waals surface area (Å²) in [6, 6.07) is 12.9. The lowest BCUT2D eigenvalue weighted by Crippen LogP contribution is -2.49. The zero-order valence-corrected chi connectivity index (χ0v) is 17.2. The Hall–Kier alpha value is -3.73. The van der Waals surface area contributed by atoms with Gasteiger partial charge in [0.25, 0.3) is 0 Å². The minimum absolute atomic E-state index is 0.141. The van der Waals surface area contributed by atoms with Crippen molar-refractivity contribution < 1.29 is 23.5 Å². The van der Waals surface area contributed by atoms with E-state index in [1.807, 2.05) is 0 Å². The number of nitriles is 1. The van der Waals surface area contributed by atoms with Gasteiger partial charge in [-0.25, -0.2) is 9.18 Å². The van der Waals surface area contributed by atoms with Crippen LogP contribution in [-0.2, 0) is 14.3 Å². The molecule has 1 saturated carbocycles. The minimum atomic E-state index is -0.945. The number of hydrogen-bond acceptors (Lipinski definition) is 5. The van der Waals surface area contributed by atoms with Gasteiger partial charge in [-0.1, -0.05) is 36.4 Å². The second-order valence-electron chi connectivity index (χ2n) is 7.44. The van der Waals surface area contributed by atoms with Crippen molar-refractivity contribution in [1.82, 2.24) is 10.6 Å². The summed E-state index contributed by atoms with van der Waals surface area (Å²) in [5.74, 6) is -2.18. The van der Waals surface area contributed by atoms with Gasteiger partial charge in [0, 0.05) is 5.56 Å². The molecule has 8 heteroatoms. The highest BCUT2D eigenvalue weighted by molar-refractivity contribution is 5.94. The first-order valence-corrected chi connectivity index (χ1v) is 9.77. The summed E-state index contributed by atoms with van der Waals surface area (Å²) in [5, 5.41) is 14.1. The lowest BCUT2D eigenvalue weighted by Gasteiger charge is -2.21. The number of amides is 2. The molecule has 31 heavy (non-hydrogen) atoms. The normalized spacial score (nSPS) is 14.6. The maximum Gasteiger partial charge on any atom is 0.340 e. The van der Waals surface area contributed by atoms with E-state index in [0.717, 1.165) is 5.56 Å². The van der Waals surface area contributed by atoms with Gasteiger partial charge in [0.2, 0.25) is 11.8 Å². The van der Waals surface area contributed by atoms with Crippen LogP contribution < -0.4 is 10.6 Å². The number of carbonyl (C=O) groups excluding carboxylic acids is 3. The maximum atomic E-state index is 14.7. The molecular formula is C23H22FN3O4. The van der Waals surface area contributed by atoms with Crippen molar-refractivity contribution in [2.45, 2.75) is 37.8 Å². The molecule has 2 aromatic carbocycles. The zero-order valence-electron chi connectivity index (χ0n) is 17.2. The Kier molecular flexibility index (Phi) is 6.35. The number of rotatable bonds is 7. The smallest absolute Gasteiger partial charge is 0.340 e. The largest absolute Gasteiger partial charge is 0.465 e. The number of nitrogens with zero attached hydrogens (tertiary/aromatic N) is 1. The Morgan fingerprint density at radius 2 is 1.87 bits per heavy atom. The molecule has 0 bridgehead atoms. The van der Waals surface area contributed by atoms with Crippen molar-refractivity contribution in [3.8, 4) is 17.2 Å².